The standard InChI is InChI=1S/C15H19FN2OS/c1-9-8-20-15(17-9)11(3)18-10(2)13-6-5-12(19-4)7-14(13)16/h5-8,10-11,18H,1-4H3. The Hall–Kier alpha value is -1.46. The van der Waals surface area contributed by atoms with Crippen LogP contribution in [-0.4, -0.2) is 12.1 Å². The highest BCUT2D eigenvalue weighted by Crippen LogP contribution is 2.25. The molecule has 0 fully saturated rings. The summed E-state index contributed by atoms with van der Waals surface area (Å²) < 4.78 is 19.0. The van der Waals surface area contributed by atoms with Crippen molar-refractivity contribution in [2.45, 2.75) is 32.9 Å². The minimum atomic E-state index is -0.258. The average molecular weight is 294 g/mol. The van der Waals surface area contributed by atoms with Crippen LogP contribution in [0.3, 0.4) is 0 Å². The molecule has 0 saturated heterocycles. The van der Waals surface area contributed by atoms with Crippen LogP contribution in [-0.2, 0) is 0 Å². The number of aryl methyl sites for hydroxylation is 1. The molecule has 0 saturated carbocycles. The van der Waals surface area contributed by atoms with E-state index in [2.05, 4.69) is 10.3 Å². The average Bonchev–Trinajstić information content (AvgIpc) is 2.85. The Bertz CT molecular complexity index is 585. The van der Waals surface area contributed by atoms with Crippen LogP contribution in [0.2, 0.25) is 0 Å². The smallest absolute Gasteiger partial charge is 0.131 e. The molecule has 1 N–H and O–H groups in total. The molecular formula is C15H19FN2OS. The third kappa shape index (κ3) is 3.35. The summed E-state index contributed by atoms with van der Waals surface area (Å²) in [7, 11) is 1.53. The highest BCUT2D eigenvalue weighted by atomic mass is 32.1. The molecule has 0 spiro atoms. The number of benzene rings is 1. The molecule has 1 heterocycles. The number of hydrogen-bond donors (Lipinski definition) is 1. The number of nitrogens with zero attached hydrogens (tertiary/aromatic N) is 1. The van der Waals surface area contributed by atoms with Gasteiger partial charge in [0.25, 0.3) is 0 Å². The number of rotatable bonds is 5. The minimum Gasteiger partial charge on any atom is -0.497 e. The van der Waals surface area contributed by atoms with Gasteiger partial charge in [-0.1, -0.05) is 6.07 Å². The first-order chi connectivity index (χ1) is 9.51. The van der Waals surface area contributed by atoms with Gasteiger partial charge in [0, 0.05) is 28.7 Å². The molecule has 0 aliphatic carbocycles. The maximum Gasteiger partial charge on any atom is 0.131 e. The highest BCUT2D eigenvalue weighted by molar-refractivity contribution is 7.09. The van der Waals surface area contributed by atoms with Crippen LogP contribution in [0, 0.1) is 12.7 Å². The summed E-state index contributed by atoms with van der Waals surface area (Å²) in [5.41, 5.74) is 1.65. The molecule has 0 bridgehead atoms. The summed E-state index contributed by atoms with van der Waals surface area (Å²) in [6.45, 7) is 5.96. The van der Waals surface area contributed by atoms with E-state index in [1.54, 1.807) is 23.5 Å². The molecule has 0 aliphatic heterocycles. The number of hydrogen-bond acceptors (Lipinski definition) is 4. The molecule has 5 heteroatoms. The number of ether oxygens (including phenoxy) is 1. The second-order valence-electron chi connectivity index (χ2n) is 4.82. The molecule has 3 nitrogen and oxygen atoms in total. The van der Waals surface area contributed by atoms with Crippen molar-refractivity contribution < 1.29 is 9.13 Å². The summed E-state index contributed by atoms with van der Waals surface area (Å²) in [5, 5.41) is 6.41. The molecule has 0 radical (unpaired) electrons. The predicted octanol–water partition coefficient (Wildman–Crippen LogP) is 4.01. The summed E-state index contributed by atoms with van der Waals surface area (Å²) in [5.74, 6) is 0.272. The quantitative estimate of drug-likeness (QED) is 0.904. The van der Waals surface area contributed by atoms with E-state index in [9.17, 15) is 4.39 Å². The Morgan fingerprint density at radius 3 is 2.60 bits per heavy atom. The molecule has 20 heavy (non-hydrogen) atoms. The van der Waals surface area contributed by atoms with Crippen molar-refractivity contribution in [1.29, 1.82) is 0 Å². The predicted molar refractivity (Wildman–Crippen MR) is 79.8 cm³/mol. The molecule has 1 aromatic carbocycles. The molecule has 2 aromatic rings. The van der Waals surface area contributed by atoms with Crippen molar-refractivity contribution in [3.05, 3.63) is 45.7 Å². The maximum atomic E-state index is 14.0. The lowest BCUT2D eigenvalue weighted by molar-refractivity contribution is 0.408. The van der Waals surface area contributed by atoms with Gasteiger partial charge in [-0.2, -0.15) is 0 Å². The topological polar surface area (TPSA) is 34.1 Å². The molecule has 2 atom stereocenters. The number of aromatic nitrogens is 1. The molecular weight excluding hydrogens is 275 g/mol. The monoisotopic (exact) mass is 294 g/mol. The number of thiazole rings is 1. The molecule has 108 valence electrons. The SMILES string of the molecule is COc1ccc(C(C)NC(C)c2nc(C)cs2)c(F)c1. The fourth-order valence-corrected chi connectivity index (χ4v) is 2.91. The van der Waals surface area contributed by atoms with Crippen LogP contribution >= 0.6 is 11.3 Å². The molecule has 1 aromatic heterocycles. The van der Waals surface area contributed by atoms with Crippen molar-refractivity contribution in [2.24, 2.45) is 0 Å². The van der Waals surface area contributed by atoms with Gasteiger partial charge in [0.2, 0.25) is 0 Å². The van der Waals surface area contributed by atoms with E-state index in [1.807, 2.05) is 26.2 Å². The van der Waals surface area contributed by atoms with Gasteiger partial charge in [0.15, 0.2) is 0 Å². The Kier molecular flexibility index (Phi) is 4.73. The summed E-state index contributed by atoms with van der Waals surface area (Å²) >= 11 is 1.62. The number of nitrogens with one attached hydrogen (secondary N) is 1. The van der Waals surface area contributed by atoms with Crippen molar-refractivity contribution in [3.63, 3.8) is 0 Å². The zero-order chi connectivity index (χ0) is 14.7. The van der Waals surface area contributed by atoms with E-state index in [-0.39, 0.29) is 17.9 Å². The van der Waals surface area contributed by atoms with Crippen molar-refractivity contribution >= 4 is 11.3 Å². The second-order valence-corrected chi connectivity index (χ2v) is 5.71. The van der Waals surface area contributed by atoms with E-state index in [0.717, 1.165) is 10.7 Å². The molecule has 0 amide bonds. The van der Waals surface area contributed by atoms with Crippen LogP contribution < -0.4 is 10.1 Å². The molecule has 2 unspecified atom stereocenters. The lowest BCUT2D eigenvalue weighted by Crippen LogP contribution is -2.23. The Morgan fingerprint density at radius 2 is 2.05 bits per heavy atom. The zero-order valence-electron chi connectivity index (χ0n) is 12.1. The largest absolute Gasteiger partial charge is 0.497 e. The Labute approximate surface area is 122 Å². The van der Waals surface area contributed by atoms with Gasteiger partial charge in [-0.15, -0.1) is 11.3 Å². The lowest BCUT2D eigenvalue weighted by Gasteiger charge is -2.19. The molecule has 2 rings (SSSR count). The van der Waals surface area contributed by atoms with E-state index in [4.69, 9.17) is 4.74 Å². The fraction of sp³-hybridized carbons (Fsp3) is 0.400. The fourth-order valence-electron chi connectivity index (χ4n) is 2.09. The van der Waals surface area contributed by atoms with Crippen molar-refractivity contribution in [1.82, 2.24) is 10.3 Å². The lowest BCUT2D eigenvalue weighted by atomic mass is 10.1. The van der Waals surface area contributed by atoms with Gasteiger partial charge in [0.1, 0.15) is 16.6 Å². The normalized spacial score (nSPS) is 14.1. The van der Waals surface area contributed by atoms with Crippen LogP contribution in [0.25, 0.3) is 0 Å². The zero-order valence-corrected chi connectivity index (χ0v) is 12.9. The number of methoxy groups -OCH3 is 1. The molecule has 0 aliphatic rings. The Morgan fingerprint density at radius 1 is 1.30 bits per heavy atom. The first kappa shape index (κ1) is 14.9. The van der Waals surface area contributed by atoms with Gasteiger partial charge < -0.3 is 10.1 Å². The first-order valence-corrected chi connectivity index (χ1v) is 7.40. The third-order valence-electron chi connectivity index (χ3n) is 3.18. The number of halogens is 1. The first-order valence-electron chi connectivity index (χ1n) is 6.52. The Balaban J connectivity index is 2.09. The van der Waals surface area contributed by atoms with Gasteiger partial charge in [0.05, 0.1) is 13.2 Å². The van der Waals surface area contributed by atoms with E-state index in [1.165, 1.54) is 13.2 Å². The van der Waals surface area contributed by atoms with Crippen LogP contribution in [0.15, 0.2) is 23.6 Å². The third-order valence-corrected chi connectivity index (χ3v) is 4.33. The van der Waals surface area contributed by atoms with Gasteiger partial charge in [-0.05, 0) is 26.8 Å². The summed E-state index contributed by atoms with van der Waals surface area (Å²) in [4.78, 5) is 4.45. The van der Waals surface area contributed by atoms with Gasteiger partial charge in [-0.3, -0.25) is 0 Å². The highest BCUT2D eigenvalue weighted by Gasteiger charge is 2.16. The van der Waals surface area contributed by atoms with E-state index in [0.29, 0.717) is 11.3 Å². The summed E-state index contributed by atoms with van der Waals surface area (Å²) in [6, 6.07) is 4.93. The van der Waals surface area contributed by atoms with Crippen LogP contribution in [0.1, 0.15) is 42.2 Å². The minimum absolute atomic E-state index is 0.0881. The van der Waals surface area contributed by atoms with Crippen molar-refractivity contribution in [3.8, 4) is 5.75 Å². The van der Waals surface area contributed by atoms with Gasteiger partial charge in [-0.25, -0.2) is 9.37 Å². The van der Waals surface area contributed by atoms with Crippen molar-refractivity contribution in [2.75, 3.05) is 7.11 Å². The maximum absolute atomic E-state index is 14.0. The van der Waals surface area contributed by atoms with E-state index < -0.39 is 0 Å². The van der Waals surface area contributed by atoms with Gasteiger partial charge >= 0.3 is 0 Å². The van der Waals surface area contributed by atoms with Crippen LogP contribution in [0.5, 0.6) is 5.75 Å². The van der Waals surface area contributed by atoms with E-state index >= 15 is 0 Å². The second kappa shape index (κ2) is 6.33. The van der Waals surface area contributed by atoms with Crippen LogP contribution in [0.4, 0.5) is 4.39 Å². The summed E-state index contributed by atoms with van der Waals surface area (Å²) in [6.07, 6.45) is 0.